The van der Waals surface area contributed by atoms with E-state index in [0.717, 1.165) is 5.69 Å². The summed E-state index contributed by atoms with van der Waals surface area (Å²) in [6.07, 6.45) is 0. The number of aliphatic hydroxyl groups is 1. The van der Waals surface area contributed by atoms with Crippen molar-refractivity contribution in [1.82, 2.24) is 4.98 Å². The van der Waals surface area contributed by atoms with E-state index in [9.17, 15) is 0 Å². The summed E-state index contributed by atoms with van der Waals surface area (Å²) in [5.41, 5.74) is 7.18. The molecule has 0 aliphatic heterocycles. The Hall–Kier alpha value is -1.33. The molecule has 1 aromatic heterocycles. The summed E-state index contributed by atoms with van der Waals surface area (Å²) in [4.78, 5) is 4.24. The van der Waals surface area contributed by atoms with E-state index in [1.807, 2.05) is 13.0 Å². The lowest BCUT2D eigenvalue weighted by molar-refractivity contribution is 0.153. The number of hydrogen-bond donors (Lipinski definition) is 3. The van der Waals surface area contributed by atoms with Gasteiger partial charge < -0.3 is 20.9 Å². The molecule has 0 saturated heterocycles. The fraction of sp³-hybridized carbons (Fsp3) is 0.500. The topological polar surface area (TPSA) is 80.4 Å². The minimum Gasteiger partial charge on any atom is -0.396 e. The Morgan fingerprint density at radius 2 is 2.33 bits per heavy atom. The lowest BCUT2D eigenvalue weighted by atomic mass is 10.3. The summed E-state index contributed by atoms with van der Waals surface area (Å²) in [5.74, 6) is 0.589. The fourth-order valence-corrected chi connectivity index (χ4v) is 1.22. The van der Waals surface area contributed by atoms with Crippen molar-refractivity contribution in [2.75, 3.05) is 31.4 Å². The van der Waals surface area contributed by atoms with Crippen molar-refractivity contribution in [2.24, 2.45) is 0 Å². The van der Waals surface area contributed by atoms with Crippen LogP contribution in [0.4, 0.5) is 11.5 Å². The maximum atomic E-state index is 9.07. The van der Waals surface area contributed by atoms with Gasteiger partial charge in [-0.15, -0.1) is 0 Å². The smallest absolute Gasteiger partial charge is 0.149 e. The summed E-state index contributed by atoms with van der Waals surface area (Å²) in [6, 6.07) is 3.43. The third-order valence-electron chi connectivity index (χ3n) is 1.99. The molecule has 1 rings (SSSR count). The third-order valence-corrected chi connectivity index (χ3v) is 1.99. The normalized spacial score (nSPS) is 12.5. The van der Waals surface area contributed by atoms with E-state index in [1.165, 1.54) is 0 Å². The van der Waals surface area contributed by atoms with E-state index < -0.39 is 0 Å². The summed E-state index contributed by atoms with van der Waals surface area (Å²) in [5, 5.41) is 12.1. The number of aromatic nitrogens is 1. The number of aryl methyl sites for hydroxylation is 1. The molecule has 0 bridgehead atoms. The third kappa shape index (κ3) is 3.38. The zero-order valence-electron chi connectivity index (χ0n) is 9.03. The van der Waals surface area contributed by atoms with Gasteiger partial charge in [0.05, 0.1) is 24.9 Å². The van der Waals surface area contributed by atoms with Gasteiger partial charge in [-0.3, -0.25) is 0 Å². The quantitative estimate of drug-likeness (QED) is 0.656. The van der Waals surface area contributed by atoms with Crippen LogP contribution in [0.5, 0.6) is 0 Å². The maximum absolute atomic E-state index is 9.07. The summed E-state index contributed by atoms with van der Waals surface area (Å²) in [6.45, 7) is 2.27. The average Bonchev–Trinajstić information content (AvgIpc) is 2.22. The Morgan fingerprint density at radius 3 is 2.93 bits per heavy atom. The van der Waals surface area contributed by atoms with Gasteiger partial charge in [0.15, 0.2) is 0 Å². The number of pyridine rings is 1. The number of ether oxygens (including phenoxy) is 1. The predicted molar refractivity (Wildman–Crippen MR) is 59.8 cm³/mol. The van der Waals surface area contributed by atoms with E-state index in [-0.39, 0.29) is 12.6 Å². The van der Waals surface area contributed by atoms with Crippen molar-refractivity contribution in [3.63, 3.8) is 0 Å². The first-order chi connectivity index (χ1) is 7.17. The Morgan fingerprint density at radius 1 is 1.60 bits per heavy atom. The molecule has 0 fully saturated rings. The van der Waals surface area contributed by atoms with Crippen LogP contribution in [0.3, 0.4) is 0 Å². The van der Waals surface area contributed by atoms with Crippen LogP contribution < -0.4 is 11.1 Å². The number of nitrogens with two attached hydrogens (primary N) is 1. The highest BCUT2D eigenvalue weighted by Crippen LogP contribution is 2.16. The highest BCUT2D eigenvalue weighted by molar-refractivity contribution is 5.61. The minimum atomic E-state index is -0.188. The molecule has 1 heterocycles. The van der Waals surface area contributed by atoms with E-state index in [0.29, 0.717) is 18.1 Å². The SMILES string of the molecule is COCC(CO)Nc1nc(C)ccc1N. The Bertz CT molecular complexity index is 318. The van der Waals surface area contributed by atoms with Crippen molar-refractivity contribution in [3.8, 4) is 0 Å². The van der Waals surface area contributed by atoms with Crippen molar-refractivity contribution < 1.29 is 9.84 Å². The van der Waals surface area contributed by atoms with Gasteiger partial charge in [-0.1, -0.05) is 0 Å². The van der Waals surface area contributed by atoms with Crippen molar-refractivity contribution in [2.45, 2.75) is 13.0 Å². The van der Waals surface area contributed by atoms with Gasteiger partial charge in [0.1, 0.15) is 5.82 Å². The Labute approximate surface area is 89.3 Å². The first-order valence-electron chi connectivity index (χ1n) is 4.76. The van der Waals surface area contributed by atoms with Crippen molar-refractivity contribution >= 4 is 11.5 Å². The second kappa shape index (κ2) is 5.53. The number of nitrogens with zero attached hydrogens (tertiary/aromatic N) is 1. The summed E-state index contributed by atoms with van der Waals surface area (Å²) < 4.78 is 4.95. The van der Waals surface area contributed by atoms with Crippen LogP contribution in [0.15, 0.2) is 12.1 Å². The second-order valence-electron chi connectivity index (χ2n) is 3.37. The van der Waals surface area contributed by atoms with Crippen LogP contribution >= 0.6 is 0 Å². The number of rotatable bonds is 5. The highest BCUT2D eigenvalue weighted by Gasteiger charge is 2.09. The largest absolute Gasteiger partial charge is 0.396 e. The van der Waals surface area contributed by atoms with Crippen molar-refractivity contribution in [1.29, 1.82) is 0 Å². The lowest BCUT2D eigenvalue weighted by Crippen LogP contribution is -2.29. The standard InChI is InChI=1S/C10H17N3O2/c1-7-3-4-9(11)10(12-7)13-8(5-14)6-15-2/h3-4,8,14H,5-6,11H2,1-2H3,(H,12,13). The first-order valence-corrected chi connectivity index (χ1v) is 4.76. The van der Waals surface area contributed by atoms with E-state index >= 15 is 0 Å². The van der Waals surface area contributed by atoms with Gasteiger partial charge in [-0.05, 0) is 19.1 Å². The number of hydrogen-bond acceptors (Lipinski definition) is 5. The summed E-state index contributed by atoms with van der Waals surface area (Å²) >= 11 is 0. The average molecular weight is 211 g/mol. The van der Waals surface area contributed by atoms with Gasteiger partial charge in [-0.2, -0.15) is 0 Å². The Balaban J connectivity index is 2.73. The molecule has 0 aromatic carbocycles. The van der Waals surface area contributed by atoms with Crippen LogP contribution in [-0.4, -0.2) is 36.5 Å². The highest BCUT2D eigenvalue weighted by atomic mass is 16.5. The molecule has 1 atom stereocenters. The minimum absolute atomic E-state index is 0.0249. The molecule has 0 spiro atoms. The number of anilines is 2. The molecule has 0 aliphatic carbocycles. The molecule has 4 N–H and O–H groups in total. The molecule has 5 nitrogen and oxygen atoms in total. The van der Waals surface area contributed by atoms with Crippen LogP contribution in [0.2, 0.25) is 0 Å². The first kappa shape index (κ1) is 11.7. The zero-order chi connectivity index (χ0) is 11.3. The number of aliphatic hydroxyl groups excluding tert-OH is 1. The van der Waals surface area contributed by atoms with Crippen LogP contribution in [-0.2, 0) is 4.74 Å². The Kier molecular flexibility index (Phi) is 4.33. The van der Waals surface area contributed by atoms with Gasteiger partial charge in [0.25, 0.3) is 0 Å². The molecule has 5 heteroatoms. The van der Waals surface area contributed by atoms with Gasteiger partial charge in [0, 0.05) is 12.8 Å². The maximum Gasteiger partial charge on any atom is 0.149 e. The molecule has 1 aromatic rings. The van der Waals surface area contributed by atoms with Crippen LogP contribution in [0, 0.1) is 6.92 Å². The van der Waals surface area contributed by atoms with Gasteiger partial charge >= 0.3 is 0 Å². The molecular weight excluding hydrogens is 194 g/mol. The molecule has 0 aliphatic rings. The monoisotopic (exact) mass is 211 g/mol. The van der Waals surface area contributed by atoms with E-state index in [4.69, 9.17) is 15.6 Å². The van der Waals surface area contributed by atoms with Crippen LogP contribution in [0.25, 0.3) is 0 Å². The van der Waals surface area contributed by atoms with Crippen molar-refractivity contribution in [3.05, 3.63) is 17.8 Å². The zero-order valence-corrected chi connectivity index (χ0v) is 9.03. The lowest BCUT2D eigenvalue weighted by Gasteiger charge is -2.17. The number of methoxy groups -OCH3 is 1. The summed E-state index contributed by atoms with van der Waals surface area (Å²) in [7, 11) is 1.58. The second-order valence-corrected chi connectivity index (χ2v) is 3.37. The molecule has 0 amide bonds. The van der Waals surface area contributed by atoms with Gasteiger partial charge in [-0.25, -0.2) is 4.98 Å². The molecule has 15 heavy (non-hydrogen) atoms. The molecule has 0 saturated carbocycles. The number of nitrogens with one attached hydrogen (secondary N) is 1. The molecule has 1 unspecified atom stereocenters. The van der Waals surface area contributed by atoms with Crippen LogP contribution in [0.1, 0.15) is 5.69 Å². The van der Waals surface area contributed by atoms with E-state index in [2.05, 4.69) is 10.3 Å². The van der Waals surface area contributed by atoms with E-state index in [1.54, 1.807) is 13.2 Å². The fourth-order valence-electron chi connectivity index (χ4n) is 1.22. The molecule has 84 valence electrons. The molecular formula is C10H17N3O2. The predicted octanol–water partition coefficient (Wildman–Crippen LogP) is 0.391. The van der Waals surface area contributed by atoms with Gasteiger partial charge in [0.2, 0.25) is 0 Å². The molecule has 0 radical (unpaired) electrons. The number of nitrogen functional groups attached to an aromatic ring is 1.